The normalized spacial score (nSPS) is 15.9. The second-order valence-corrected chi connectivity index (χ2v) is 3.68. The molecular formula is C8H12ClF3N4. The van der Waals surface area contributed by atoms with E-state index in [1.165, 1.54) is 6.20 Å². The maximum absolute atomic E-state index is 12.0. The first kappa shape index (κ1) is 13.2. The molecule has 0 unspecified atom stereocenters. The molecule has 0 aliphatic heterocycles. The van der Waals surface area contributed by atoms with Crippen LogP contribution in [-0.4, -0.2) is 27.2 Å². The predicted octanol–water partition coefficient (Wildman–Crippen LogP) is 1.51. The van der Waals surface area contributed by atoms with Crippen molar-refractivity contribution in [2.24, 2.45) is 0 Å². The van der Waals surface area contributed by atoms with E-state index in [1.807, 2.05) is 0 Å². The van der Waals surface area contributed by atoms with Gasteiger partial charge in [0.1, 0.15) is 6.54 Å². The van der Waals surface area contributed by atoms with Crippen LogP contribution in [0.15, 0.2) is 6.20 Å². The summed E-state index contributed by atoms with van der Waals surface area (Å²) < 4.78 is 36.7. The SMILES string of the molecule is Cl.FC(F)(F)Cn1cc(CNC2CC2)nn1. The fourth-order valence-electron chi connectivity index (χ4n) is 1.22. The number of halogens is 4. The molecule has 92 valence electrons. The van der Waals surface area contributed by atoms with Crippen molar-refractivity contribution >= 4 is 12.4 Å². The molecule has 1 heterocycles. The van der Waals surface area contributed by atoms with Gasteiger partial charge in [0.2, 0.25) is 0 Å². The van der Waals surface area contributed by atoms with E-state index in [1.54, 1.807) is 0 Å². The fraction of sp³-hybridized carbons (Fsp3) is 0.750. The monoisotopic (exact) mass is 256 g/mol. The van der Waals surface area contributed by atoms with Crippen LogP contribution in [0.1, 0.15) is 18.5 Å². The molecule has 16 heavy (non-hydrogen) atoms. The second-order valence-electron chi connectivity index (χ2n) is 3.68. The summed E-state index contributed by atoms with van der Waals surface area (Å²) in [6, 6.07) is 0.512. The third-order valence-corrected chi connectivity index (χ3v) is 2.08. The van der Waals surface area contributed by atoms with Gasteiger partial charge in [-0.25, -0.2) is 4.68 Å². The molecule has 0 atom stereocenters. The van der Waals surface area contributed by atoms with E-state index >= 15 is 0 Å². The molecule has 0 bridgehead atoms. The van der Waals surface area contributed by atoms with E-state index in [2.05, 4.69) is 15.6 Å². The Labute approximate surface area is 96.6 Å². The maximum atomic E-state index is 12.0. The number of hydrogen-bond donors (Lipinski definition) is 1. The number of rotatable bonds is 4. The highest BCUT2D eigenvalue weighted by Gasteiger charge is 2.28. The van der Waals surface area contributed by atoms with Crippen LogP contribution in [0.2, 0.25) is 0 Å². The Morgan fingerprint density at radius 1 is 1.44 bits per heavy atom. The van der Waals surface area contributed by atoms with E-state index < -0.39 is 12.7 Å². The van der Waals surface area contributed by atoms with Gasteiger partial charge < -0.3 is 5.32 Å². The van der Waals surface area contributed by atoms with Gasteiger partial charge in [-0.05, 0) is 12.8 Å². The molecule has 1 aromatic heterocycles. The molecule has 0 spiro atoms. The minimum Gasteiger partial charge on any atom is -0.308 e. The van der Waals surface area contributed by atoms with Gasteiger partial charge >= 0.3 is 6.18 Å². The Hall–Kier alpha value is -0.820. The smallest absolute Gasteiger partial charge is 0.308 e. The zero-order chi connectivity index (χ0) is 10.9. The summed E-state index contributed by atoms with van der Waals surface area (Å²) >= 11 is 0. The Balaban J connectivity index is 0.00000128. The first-order chi connectivity index (χ1) is 7.03. The fourth-order valence-corrected chi connectivity index (χ4v) is 1.22. The first-order valence-electron chi connectivity index (χ1n) is 4.72. The van der Waals surface area contributed by atoms with E-state index in [9.17, 15) is 13.2 Å². The van der Waals surface area contributed by atoms with Crippen molar-refractivity contribution in [1.29, 1.82) is 0 Å². The predicted molar refractivity (Wildman–Crippen MR) is 53.2 cm³/mol. The van der Waals surface area contributed by atoms with Gasteiger partial charge in [-0.15, -0.1) is 17.5 Å². The standard InChI is InChI=1S/C8H11F3N4.ClH/c9-8(10,11)5-15-4-7(13-14-15)3-12-6-1-2-6;/h4,6,12H,1-3,5H2;1H. The molecule has 0 aromatic carbocycles. The Kier molecular flexibility index (Phi) is 4.15. The number of hydrogen-bond acceptors (Lipinski definition) is 3. The van der Waals surface area contributed by atoms with Crippen LogP contribution < -0.4 is 5.32 Å². The largest absolute Gasteiger partial charge is 0.408 e. The van der Waals surface area contributed by atoms with Crippen LogP contribution in [-0.2, 0) is 13.1 Å². The van der Waals surface area contributed by atoms with Crippen LogP contribution >= 0.6 is 12.4 Å². The number of aromatic nitrogens is 3. The highest BCUT2D eigenvalue weighted by Crippen LogP contribution is 2.19. The molecule has 1 aromatic rings. The van der Waals surface area contributed by atoms with Crippen molar-refractivity contribution in [3.05, 3.63) is 11.9 Å². The molecule has 4 nitrogen and oxygen atoms in total. The van der Waals surface area contributed by atoms with Gasteiger partial charge in [-0.2, -0.15) is 13.2 Å². The molecule has 1 N–H and O–H groups in total. The molecule has 0 radical (unpaired) electrons. The van der Waals surface area contributed by atoms with Crippen molar-refractivity contribution in [2.75, 3.05) is 0 Å². The van der Waals surface area contributed by atoms with E-state index in [0.717, 1.165) is 17.5 Å². The van der Waals surface area contributed by atoms with Crippen LogP contribution in [0.5, 0.6) is 0 Å². The van der Waals surface area contributed by atoms with Crippen LogP contribution in [0.25, 0.3) is 0 Å². The summed E-state index contributed by atoms with van der Waals surface area (Å²) in [7, 11) is 0. The van der Waals surface area contributed by atoms with Crippen molar-refractivity contribution in [3.63, 3.8) is 0 Å². The third kappa shape index (κ3) is 4.36. The molecule has 0 saturated heterocycles. The lowest BCUT2D eigenvalue weighted by Gasteiger charge is -2.04. The zero-order valence-electron chi connectivity index (χ0n) is 8.37. The maximum Gasteiger partial charge on any atom is 0.408 e. The number of nitrogens with one attached hydrogen (secondary N) is 1. The van der Waals surface area contributed by atoms with Gasteiger partial charge in [-0.1, -0.05) is 5.21 Å². The highest BCUT2D eigenvalue weighted by atomic mass is 35.5. The van der Waals surface area contributed by atoms with Crippen LogP contribution in [0.3, 0.4) is 0 Å². The highest BCUT2D eigenvalue weighted by molar-refractivity contribution is 5.85. The quantitative estimate of drug-likeness (QED) is 0.888. The lowest BCUT2D eigenvalue weighted by atomic mass is 10.4. The minimum atomic E-state index is -4.24. The molecule has 2 rings (SSSR count). The summed E-state index contributed by atoms with van der Waals surface area (Å²) in [6.07, 6.45) is -0.648. The zero-order valence-corrected chi connectivity index (χ0v) is 9.18. The summed E-state index contributed by atoms with van der Waals surface area (Å²) in [6.45, 7) is -0.591. The summed E-state index contributed by atoms with van der Waals surface area (Å²) in [4.78, 5) is 0. The number of nitrogens with zero attached hydrogens (tertiary/aromatic N) is 3. The van der Waals surface area contributed by atoms with Gasteiger partial charge in [0.05, 0.1) is 11.9 Å². The Morgan fingerprint density at radius 2 is 2.12 bits per heavy atom. The molecule has 0 amide bonds. The topological polar surface area (TPSA) is 42.7 Å². The van der Waals surface area contributed by atoms with Crippen molar-refractivity contribution in [3.8, 4) is 0 Å². The molecule has 1 aliphatic carbocycles. The molecule has 8 heteroatoms. The molecule has 1 aliphatic rings. The van der Waals surface area contributed by atoms with Gasteiger partial charge in [-0.3, -0.25) is 0 Å². The van der Waals surface area contributed by atoms with E-state index in [0.29, 0.717) is 18.3 Å². The van der Waals surface area contributed by atoms with Crippen molar-refractivity contribution < 1.29 is 13.2 Å². The summed E-state index contributed by atoms with van der Waals surface area (Å²) in [5, 5.41) is 10.2. The summed E-state index contributed by atoms with van der Waals surface area (Å²) in [5.74, 6) is 0. The second kappa shape index (κ2) is 5.01. The third-order valence-electron chi connectivity index (χ3n) is 2.08. The Morgan fingerprint density at radius 3 is 2.69 bits per heavy atom. The van der Waals surface area contributed by atoms with Gasteiger partial charge in [0.15, 0.2) is 0 Å². The lowest BCUT2D eigenvalue weighted by molar-refractivity contribution is -0.142. The number of alkyl halides is 3. The van der Waals surface area contributed by atoms with E-state index in [4.69, 9.17) is 0 Å². The molecule has 1 fully saturated rings. The molecular weight excluding hydrogens is 245 g/mol. The average molecular weight is 257 g/mol. The van der Waals surface area contributed by atoms with Gasteiger partial charge in [0, 0.05) is 12.6 Å². The van der Waals surface area contributed by atoms with Crippen molar-refractivity contribution in [1.82, 2.24) is 20.3 Å². The summed E-state index contributed by atoms with van der Waals surface area (Å²) in [5.41, 5.74) is 0.547. The Bertz CT molecular complexity index is 334. The van der Waals surface area contributed by atoms with Crippen molar-refractivity contribution in [2.45, 2.75) is 38.1 Å². The minimum absolute atomic E-state index is 0. The lowest BCUT2D eigenvalue weighted by Crippen LogP contribution is -2.18. The van der Waals surface area contributed by atoms with E-state index in [-0.39, 0.29) is 12.4 Å². The molecule has 1 saturated carbocycles. The van der Waals surface area contributed by atoms with Crippen LogP contribution in [0.4, 0.5) is 13.2 Å². The first-order valence-corrected chi connectivity index (χ1v) is 4.72. The van der Waals surface area contributed by atoms with Crippen LogP contribution in [0, 0.1) is 0 Å². The van der Waals surface area contributed by atoms with Gasteiger partial charge in [0.25, 0.3) is 0 Å². The average Bonchev–Trinajstić information content (AvgIpc) is 2.83.